The molecule has 5 nitrogen and oxygen atoms in total. The zero-order valence-corrected chi connectivity index (χ0v) is 34.2. The van der Waals surface area contributed by atoms with E-state index in [2.05, 4.69) is 177 Å². The van der Waals surface area contributed by atoms with Crippen LogP contribution >= 0.6 is 11.3 Å². The summed E-state index contributed by atoms with van der Waals surface area (Å²) in [4.78, 5) is 21.6. The summed E-state index contributed by atoms with van der Waals surface area (Å²) in [6, 6.07) is 62.9. The third-order valence-corrected chi connectivity index (χ3v) is 13.5. The lowest BCUT2D eigenvalue weighted by Gasteiger charge is -2.42. The molecule has 11 rings (SSSR count). The van der Waals surface area contributed by atoms with Crippen LogP contribution in [-0.4, -0.2) is 15.0 Å². The second kappa shape index (κ2) is 13.3. The normalized spacial score (nSPS) is 14.6. The maximum absolute atomic E-state index is 5.33. The van der Waals surface area contributed by atoms with Crippen LogP contribution in [0.25, 0.3) is 43.6 Å². The highest BCUT2D eigenvalue weighted by molar-refractivity contribution is 7.23. The number of thiophene rings is 1. The Balaban J connectivity index is 1.23. The standard InChI is InChI=1S/C53H41N5S/c1-52(2)38-23-11-15-27-42(38)57(43-28-16-12-24-39(43)52)36-31-32-46-37(33-36)47(58-44-29-17-13-25-40(44)53(3,4)41-26-14-18-30-45(41)58)48(59-46)51-55-49(34-19-7-5-8-20-34)54-50(56-51)35-21-9-6-10-22-35/h5-33H,1-4H3. The number of hydrogen-bond donors (Lipinski definition) is 0. The molecule has 0 amide bonds. The number of anilines is 6. The van der Waals surface area contributed by atoms with Gasteiger partial charge in [-0.1, -0.05) is 161 Å². The van der Waals surface area contributed by atoms with E-state index in [1.807, 2.05) is 36.4 Å². The van der Waals surface area contributed by atoms with Gasteiger partial charge in [0.2, 0.25) is 0 Å². The van der Waals surface area contributed by atoms with Gasteiger partial charge in [0, 0.05) is 37.7 Å². The second-order valence-electron chi connectivity index (χ2n) is 16.5. The van der Waals surface area contributed by atoms with Gasteiger partial charge in [-0.25, -0.2) is 15.0 Å². The van der Waals surface area contributed by atoms with Gasteiger partial charge in [-0.05, 0) is 64.7 Å². The summed E-state index contributed by atoms with van der Waals surface area (Å²) in [5.41, 5.74) is 13.5. The van der Waals surface area contributed by atoms with Crippen molar-refractivity contribution in [1.82, 2.24) is 15.0 Å². The van der Waals surface area contributed by atoms with E-state index in [-0.39, 0.29) is 10.8 Å². The molecule has 7 aromatic carbocycles. The number of rotatable bonds is 5. The maximum Gasteiger partial charge on any atom is 0.176 e. The minimum Gasteiger partial charge on any atom is -0.310 e. The Morgan fingerprint density at radius 3 is 1.25 bits per heavy atom. The van der Waals surface area contributed by atoms with Crippen molar-refractivity contribution in [2.24, 2.45) is 0 Å². The number of fused-ring (bicyclic) bond motifs is 5. The van der Waals surface area contributed by atoms with Gasteiger partial charge >= 0.3 is 0 Å². The van der Waals surface area contributed by atoms with Crippen LogP contribution in [0.2, 0.25) is 0 Å². The fourth-order valence-corrected chi connectivity index (χ4v) is 10.5. The van der Waals surface area contributed by atoms with Crippen LogP contribution in [0.3, 0.4) is 0 Å². The summed E-state index contributed by atoms with van der Waals surface area (Å²) < 4.78 is 1.15. The largest absolute Gasteiger partial charge is 0.310 e. The van der Waals surface area contributed by atoms with E-state index in [0.29, 0.717) is 17.5 Å². The number of para-hydroxylation sites is 4. The quantitative estimate of drug-likeness (QED) is 0.174. The van der Waals surface area contributed by atoms with Crippen LogP contribution in [0.4, 0.5) is 34.1 Å². The molecule has 2 aliphatic rings. The molecule has 0 saturated heterocycles. The van der Waals surface area contributed by atoms with Crippen LogP contribution in [0.5, 0.6) is 0 Å². The minimum absolute atomic E-state index is 0.159. The van der Waals surface area contributed by atoms with E-state index < -0.39 is 0 Å². The van der Waals surface area contributed by atoms with Gasteiger partial charge in [-0.3, -0.25) is 0 Å². The van der Waals surface area contributed by atoms with Gasteiger partial charge in [0.15, 0.2) is 17.5 Å². The molecule has 9 aromatic rings. The summed E-state index contributed by atoms with van der Waals surface area (Å²) in [6.07, 6.45) is 0. The molecule has 0 radical (unpaired) electrons. The molecule has 2 aliphatic heterocycles. The smallest absolute Gasteiger partial charge is 0.176 e. The first-order valence-electron chi connectivity index (χ1n) is 20.2. The first kappa shape index (κ1) is 35.3. The molecule has 2 aromatic heterocycles. The van der Waals surface area contributed by atoms with Gasteiger partial charge in [-0.15, -0.1) is 11.3 Å². The molecule has 0 aliphatic carbocycles. The van der Waals surface area contributed by atoms with E-state index in [4.69, 9.17) is 15.0 Å². The van der Waals surface area contributed by atoms with Gasteiger partial charge in [-0.2, -0.15) is 0 Å². The highest BCUT2D eigenvalue weighted by atomic mass is 32.1. The van der Waals surface area contributed by atoms with Crippen LogP contribution in [0, 0.1) is 0 Å². The molecular formula is C53H41N5S. The third kappa shape index (κ3) is 5.47. The molecular weight excluding hydrogens is 739 g/mol. The van der Waals surface area contributed by atoms with Crippen molar-refractivity contribution in [2.75, 3.05) is 9.80 Å². The summed E-state index contributed by atoms with van der Waals surface area (Å²) in [5.74, 6) is 1.93. The summed E-state index contributed by atoms with van der Waals surface area (Å²) in [6.45, 7) is 9.35. The minimum atomic E-state index is -0.219. The van der Waals surface area contributed by atoms with Crippen molar-refractivity contribution in [3.8, 4) is 33.5 Å². The summed E-state index contributed by atoms with van der Waals surface area (Å²) >= 11 is 1.74. The monoisotopic (exact) mass is 779 g/mol. The molecule has 284 valence electrons. The lowest BCUT2D eigenvalue weighted by Crippen LogP contribution is -2.31. The lowest BCUT2D eigenvalue weighted by molar-refractivity contribution is 0.631. The first-order valence-corrected chi connectivity index (χ1v) is 21.0. The predicted molar refractivity (Wildman–Crippen MR) is 245 cm³/mol. The fraction of sp³-hybridized carbons (Fsp3) is 0.113. The number of hydrogen-bond acceptors (Lipinski definition) is 6. The Morgan fingerprint density at radius 1 is 0.407 bits per heavy atom. The second-order valence-corrected chi connectivity index (χ2v) is 17.5. The molecule has 0 atom stereocenters. The van der Waals surface area contributed by atoms with E-state index in [9.17, 15) is 0 Å². The fourth-order valence-electron chi connectivity index (χ4n) is 9.35. The van der Waals surface area contributed by atoms with Crippen molar-refractivity contribution in [3.05, 3.63) is 198 Å². The number of nitrogens with zero attached hydrogens (tertiary/aromatic N) is 5. The average Bonchev–Trinajstić information content (AvgIpc) is 3.66. The Labute approximate surface area is 349 Å². The highest BCUT2D eigenvalue weighted by Crippen LogP contribution is 2.58. The molecule has 0 N–H and O–H groups in total. The molecule has 4 heterocycles. The van der Waals surface area contributed by atoms with Crippen molar-refractivity contribution < 1.29 is 0 Å². The third-order valence-electron chi connectivity index (χ3n) is 12.3. The van der Waals surface area contributed by atoms with Gasteiger partial charge in [0.1, 0.15) is 0 Å². The maximum atomic E-state index is 5.33. The van der Waals surface area contributed by atoms with E-state index in [1.165, 1.54) is 33.6 Å². The zero-order chi connectivity index (χ0) is 39.9. The van der Waals surface area contributed by atoms with Crippen molar-refractivity contribution in [1.29, 1.82) is 0 Å². The SMILES string of the molecule is CC1(C)c2ccccc2N(c2ccc3sc(-c4nc(-c5ccccc5)nc(-c5ccccc5)n4)c(N4c5ccccc5C(C)(C)c5ccccc54)c3c2)c2ccccc21. The van der Waals surface area contributed by atoms with Crippen LogP contribution in [0.1, 0.15) is 49.9 Å². The van der Waals surface area contributed by atoms with Gasteiger partial charge < -0.3 is 9.80 Å². The Kier molecular flexibility index (Phi) is 7.97. The lowest BCUT2D eigenvalue weighted by atomic mass is 9.73. The van der Waals surface area contributed by atoms with Crippen molar-refractivity contribution in [3.63, 3.8) is 0 Å². The van der Waals surface area contributed by atoms with E-state index in [1.54, 1.807) is 11.3 Å². The van der Waals surface area contributed by atoms with E-state index in [0.717, 1.165) is 48.8 Å². The number of benzene rings is 7. The van der Waals surface area contributed by atoms with Gasteiger partial charge in [0.05, 0.1) is 33.3 Å². The topological polar surface area (TPSA) is 45.2 Å². The molecule has 0 unspecified atom stereocenters. The van der Waals surface area contributed by atoms with Gasteiger partial charge in [0.25, 0.3) is 0 Å². The zero-order valence-electron chi connectivity index (χ0n) is 33.4. The van der Waals surface area contributed by atoms with Crippen LogP contribution < -0.4 is 9.80 Å². The molecule has 59 heavy (non-hydrogen) atoms. The summed E-state index contributed by atoms with van der Waals surface area (Å²) in [5, 5.41) is 1.13. The molecule has 0 bridgehead atoms. The molecule has 0 saturated carbocycles. The molecule has 0 spiro atoms. The first-order chi connectivity index (χ1) is 28.8. The van der Waals surface area contributed by atoms with Crippen molar-refractivity contribution in [2.45, 2.75) is 38.5 Å². The molecule has 6 heteroatoms. The number of aromatic nitrogens is 3. The molecule has 0 fully saturated rings. The highest BCUT2D eigenvalue weighted by Gasteiger charge is 2.40. The average molecular weight is 780 g/mol. The van der Waals surface area contributed by atoms with E-state index >= 15 is 0 Å². The van der Waals surface area contributed by atoms with Crippen LogP contribution in [0.15, 0.2) is 176 Å². The predicted octanol–water partition coefficient (Wildman–Crippen LogP) is 14.3. The summed E-state index contributed by atoms with van der Waals surface area (Å²) in [7, 11) is 0. The Bertz CT molecular complexity index is 2920. The van der Waals surface area contributed by atoms with Crippen molar-refractivity contribution >= 4 is 55.5 Å². The Morgan fingerprint density at radius 2 is 0.797 bits per heavy atom. The Hall–Kier alpha value is -6.89. The van der Waals surface area contributed by atoms with Crippen LogP contribution in [-0.2, 0) is 10.8 Å².